The Morgan fingerprint density at radius 3 is 2.75 bits per heavy atom. The Morgan fingerprint density at radius 2 is 2.10 bits per heavy atom. The molecule has 0 saturated heterocycles. The topological polar surface area (TPSA) is 43.8 Å². The number of nitrogens with zero attached hydrogens (tertiary/aromatic N) is 4. The molecule has 0 aliphatic carbocycles. The molecular formula is C13H14FN5S. The fourth-order valence-corrected chi connectivity index (χ4v) is 2.84. The Labute approximate surface area is 120 Å². The number of hydrazone groups is 1. The van der Waals surface area contributed by atoms with E-state index < -0.39 is 0 Å². The number of hydrogen-bond donors (Lipinski definition) is 1. The van der Waals surface area contributed by atoms with Crippen LogP contribution in [0, 0.1) is 19.7 Å². The van der Waals surface area contributed by atoms with E-state index in [9.17, 15) is 4.39 Å². The lowest BCUT2D eigenvalue weighted by atomic mass is 10.2. The maximum atomic E-state index is 14.0. The minimum absolute atomic E-state index is 0.309. The first-order chi connectivity index (χ1) is 9.56. The SMILES string of the molecule is Cc1ncc(C2=NN(c3c(C)cccc3F)NN2C)s1. The molecule has 5 nitrogen and oxygen atoms in total. The summed E-state index contributed by atoms with van der Waals surface area (Å²) in [6, 6.07) is 4.96. The van der Waals surface area contributed by atoms with Gasteiger partial charge in [-0.3, -0.25) is 5.01 Å². The molecule has 0 amide bonds. The van der Waals surface area contributed by atoms with Crippen LogP contribution in [0.3, 0.4) is 0 Å². The number of benzene rings is 1. The second-order valence-electron chi connectivity index (χ2n) is 4.54. The second kappa shape index (κ2) is 4.84. The molecule has 1 aliphatic rings. The maximum absolute atomic E-state index is 14.0. The lowest BCUT2D eigenvalue weighted by molar-refractivity contribution is 0.386. The van der Waals surface area contributed by atoms with Crippen molar-refractivity contribution >= 4 is 22.9 Å². The van der Waals surface area contributed by atoms with Crippen LogP contribution in [0.2, 0.25) is 0 Å². The number of hydrazine groups is 2. The average Bonchev–Trinajstić information content (AvgIpc) is 2.96. The molecule has 0 bridgehead atoms. The zero-order valence-corrected chi connectivity index (χ0v) is 12.2. The molecule has 0 fully saturated rings. The number of nitrogens with one attached hydrogen (secondary N) is 1. The molecule has 20 heavy (non-hydrogen) atoms. The third-order valence-electron chi connectivity index (χ3n) is 3.00. The smallest absolute Gasteiger partial charge is 0.185 e. The van der Waals surface area contributed by atoms with E-state index in [-0.39, 0.29) is 5.82 Å². The van der Waals surface area contributed by atoms with Crippen molar-refractivity contribution in [1.29, 1.82) is 0 Å². The first kappa shape index (κ1) is 13.0. The number of halogens is 1. The molecule has 104 valence electrons. The predicted octanol–water partition coefficient (Wildman–Crippen LogP) is 2.43. The van der Waals surface area contributed by atoms with Crippen molar-refractivity contribution < 1.29 is 4.39 Å². The number of rotatable bonds is 2. The van der Waals surface area contributed by atoms with Gasteiger partial charge < -0.3 is 0 Å². The van der Waals surface area contributed by atoms with E-state index >= 15 is 0 Å². The van der Waals surface area contributed by atoms with Crippen LogP contribution >= 0.6 is 11.3 Å². The third-order valence-corrected chi connectivity index (χ3v) is 3.91. The lowest BCUT2D eigenvalue weighted by Crippen LogP contribution is -2.40. The van der Waals surface area contributed by atoms with Crippen molar-refractivity contribution in [3.63, 3.8) is 0 Å². The molecule has 1 N–H and O–H groups in total. The fourth-order valence-electron chi connectivity index (χ4n) is 2.04. The maximum Gasteiger partial charge on any atom is 0.185 e. The number of hydrogen-bond acceptors (Lipinski definition) is 6. The quantitative estimate of drug-likeness (QED) is 0.923. The van der Waals surface area contributed by atoms with Crippen LogP contribution in [0.15, 0.2) is 29.5 Å². The summed E-state index contributed by atoms with van der Waals surface area (Å²) in [5, 5.41) is 8.61. The van der Waals surface area contributed by atoms with E-state index in [0.717, 1.165) is 21.3 Å². The molecule has 0 atom stereocenters. The van der Waals surface area contributed by atoms with Gasteiger partial charge in [0.05, 0.1) is 9.88 Å². The van der Waals surface area contributed by atoms with E-state index in [1.54, 1.807) is 28.6 Å². The Morgan fingerprint density at radius 1 is 1.30 bits per heavy atom. The fraction of sp³-hybridized carbons (Fsp3) is 0.231. The molecule has 2 heterocycles. The second-order valence-corrected chi connectivity index (χ2v) is 5.78. The third kappa shape index (κ3) is 2.14. The zero-order valence-electron chi connectivity index (χ0n) is 11.4. The van der Waals surface area contributed by atoms with Crippen molar-refractivity contribution in [3.8, 4) is 0 Å². The molecule has 0 unspecified atom stereocenters. The van der Waals surface area contributed by atoms with Crippen molar-refractivity contribution in [3.05, 3.63) is 45.7 Å². The van der Waals surface area contributed by atoms with Gasteiger partial charge in [0, 0.05) is 13.2 Å². The number of amidine groups is 1. The molecule has 2 aromatic rings. The van der Waals surface area contributed by atoms with Gasteiger partial charge in [0.2, 0.25) is 0 Å². The summed E-state index contributed by atoms with van der Waals surface area (Å²) >= 11 is 1.55. The van der Waals surface area contributed by atoms with E-state index in [1.165, 1.54) is 11.2 Å². The van der Waals surface area contributed by atoms with Crippen molar-refractivity contribution in [2.24, 2.45) is 5.10 Å². The van der Waals surface area contributed by atoms with Crippen LogP contribution in [0.5, 0.6) is 0 Å². The van der Waals surface area contributed by atoms with Gasteiger partial charge in [0.15, 0.2) is 5.84 Å². The Kier molecular flexibility index (Phi) is 3.15. The van der Waals surface area contributed by atoms with Gasteiger partial charge in [-0.2, -0.15) is 5.12 Å². The molecule has 7 heteroatoms. The van der Waals surface area contributed by atoms with Crippen LogP contribution in [0.4, 0.5) is 10.1 Å². The largest absolute Gasteiger partial charge is 0.273 e. The molecule has 3 rings (SSSR count). The van der Waals surface area contributed by atoms with Crippen LogP contribution in [-0.2, 0) is 0 Å². The summed E-state index contributed by atoms with van der Waals surface area (Å²) in [6.07, 6.45) is 1.77. The highest BCUT2D eigenvalue weighted by atomic mass is 32.1. The first-order valence-corrected chi connectivity index (χ1v) is 6.94. The standard InChI is InChI=1S/C13H14FN5S/c1-8-5-4-6-10(14)12(8)19-16-13(18(3)17-19)11-7-15-9(2)20-11/h4-7,17H,1-3H3. The number of anilines is 1. The van der Waals surface area contributed by atoms with Crippen molar-refractivity contribution in [1.82, 2.24) is 15.5 Å². The molecule has 1 aromatic heterocycles. The van der Waals surface area contributed by atoms with Crippen molar-refractivity contribution in [2.45, 2.75) is 13.8 Å². The van der Waals surface area contributed by atoms with Gasteiger partial charge in [-0.1, -0.05) is 12.1 Å². The Hall–Kier alpha value is -1.99. The van der Waals surface area contributed by atoms with E-state index in [0.29, 0.717) is 5.69 Å². The number of aromatic nitrogens is 1. The first-order valence-electron chi connectivity index (χ1n) is 6.13. The lowest BCUT2D eigenvalue weighted by Gasteiger charge is -2.19. The van der Waals surface area contributed by atoms with Crippen LogP contribution in [-0.4, -0.2) is 22.9 Å². The van der Waals surface area contributed by atoms with Gasteiger partial charge in [-0.05, 0) is 25.5 Å². The van der Waals surface area contributed by atoms with Gasteiger partial charge in [0.25, 0.3) is 0 Å². The summed E-state index contributed by atoms with van der Waals surface area (Å²) in [7, 11) is 1.84. The highest BCUT2D eigenvalue weighted by molar-refractivity contribution is 7.13. The normalized spacial score (nSPS) is 14.9. The van der Waals surface area contributed by atoms with Gasteiger partial charge >= 0.3 is 0 Å². The van der Waals surface area contributed by atoms with E-state index in [4.69, 9.17) is 0 Å². The molecule has 1 aromatic carbocycles. The van der Waals surface area contributed by atoms with Crippen molar-refractivity contribution in [2.75, 3.05) is 12.2 Å². The number of para-hydroxylation sites is 1. The highest BCUT2D eigenvalue weighted by Gasteiger charge is 2.26. The summed E-state index contributed by atoms with van der Waals surface area (Å²) in [5.74, 6) is 0.412. The molecule has 0 saturated carbocycles. The van der Waals surface area contributed by atoms with E-state index in [2.05, 4.69) is 15.6 Å². The minimum Gasteiger partial charge on any atom is -0.273 e. The monoisotopic (exact) mass is 291 g/mol. The van der Waals surface area contributed by atoms with Gasteiger partial charge in [-0.15, -0.1) is 22.0 Å². The Bertz CT molecular complexity index is 661. The van der Waals surface area contributed by atoms with Gasteiger partial charge in [-0.25, -0.2) is 9.37 Å². The van der Waals surface area contributed by atoms with Crippen LogP contribution in [0.1, 0.15) is 15.4 Å². The summed E-state index contributed by atoms with van der Waals surface area (Å²) in [5.41, 5.74) is 4.25. The predicted molar refractivity (Wildman–Crippen MR) is 77.9 cm³/mol. The molecule has 1 aliphatic heterocycles. The molecule has 0 spiro atoms. The van der Waals surface area contributed by atoms with Crippen LogP contribution in [0.25, 0.3) is 0 Å². The average molecular weight is 291 g/mol. The molecular weight excluding hydrogens is 277 g/mol. The van der Waals surface area contributed by atoms with Crippen LogP contribution < -0.4 is 10.7 Å². The summed E-state index contributed by atoms with van der Waals surface area (Å²) < 4.78 is 14.0. The summed E-state index contributed by atoms with van der Waals surface area (Å²) in [6.45, 7) is 3.79. The Balaban J connectivity index is 2.00. The zero-order chi connectivity index (χ0) is 14.3. The summed E-state index contributed by atoms with van der Waals surface area (Å²) in [4.78, 5) is 5.16. The minimum atomic E-state index is -0.309. The number of aryl methyl sites for hydroxylation is 2. The highest BCUT2D eigenvalue weighted by Crippen LogP contribution is 2.26. The number of thiazole rings is 1. The van der Waals surface area contributed by atoms with Gasteiger partial charge in [0.1, 0.15) is 11.5 Å². The molecule has 0 radical (unpaired) electrons. The van der Waals surface area contributed by atoms with E-state index in [1.807, 2.05) is 27.0 Å².